The van der Waals surface area contributed by atoms with Crippen LogP contribution in [0.2, 0.25) is 0 Å². The van der Waals surface area contributed by atoms with Gasteiger partial charge in [-0.05, 0) is 6.92 Å². The van der Waals surface area contributed by atoms with E-state index in [9.17, 15) is 15.0 Å². The Balaban J connectivity index is 1.98. The summed E-state index contributed by atoms with van der Waals surface area (Å²) in [7, 11) is 1.40. The van der Waals surface area contributed by atoms with E-state index in [0.717, 1.165) is 0 Å². The summed E-state index contributed by atoms with van der Waals surface area (Å²) in [6.45, 7) is 2.12. The molecule has 2 aliphatic heterocycles. The number of fused-ring (bicyclic) bond motifs is 3. The van der Waals surface area contributed by atoms with E-state index in [2.05, 4.69) is 0 Å². The van der Waals surface area contributed by atoms with Gasteiger partial charge in [0.05, 0.1) is 31.3 Å². The topological polar surface area (TPSA) is 85.2 Å². The summed E-state index contributed by atoms with van der Waals surface area (Å²) in [5.41, 5.74) is 0.460. The van der Waals surface area contributed by atoms with Crippen molar-refractivity contribution in [2.75, 3.05) is 13.7 Å². The molecule has 0 saturated carbocycles. The van der Waals surface area contributed by atoms with E-state index in [1.54, 1.807) is 0 Å². The standard InChI is InChI=1S/C15H16O6/c1-15-4-6-7(5-20-15)12(17)10-8(16)3-9(19-2)13(18)11(10)14(6)21-15/h3,6-7,14,16,18H,4-5H2,1-2H3/t6-,7+,14-,15+/m0/s1. The van der Waals surface area contributed by atoms with Gasteiger partial charge in [0, 0.05) is 24.0 Å². The molecule has 2 saturated heterocycles. The zero-order chi connectivity index (χ0) is 14.9. The van der Waals surface area contributed by atoms with Crippen molar-refractivity contribution < 1.29 is 29.2 Å². The molecular weight excluding hydrogens is 276 g/mol. The lowest BCUT2D eigenvalue weighted by Gasteiger charge is -2.35. The summed E-state index contributed by atoms with van der Waals surface area (Å²) in [4.78, 5) is 12.6. The quantitative estimate of drug-likeness (QED) is 0.767. The van der Waals surface area contributed by atoms with Crippen LogP contribution in [-0.4, -0.2) is 35.5 Å². The molecule has 0 spiro atoms. The molecule has 2 heterocycles. The lowest BCUT2D eigenvalue weighted by molar-refractivity contribution is -0.216. The third kappa shape index (κ3) is 1.51. The highest BCUT2D eigenvalue weighted by Gasteiger charge is 2.58. The Labute approximate surface area is 121 Å². The van der Waals surface area contributed by atoms with Crippen LogP contribution in [0.5, 0.6) is 17.2 Å². The summed E-state index contributed by atoms with van der Waals surface area (Å²) >= 11 is 0. The number of ketones is 1. The molecule has 1 aliphatic carbocycles. The van der Waals surface area contributed by atoms with Gasteiger partial charge in [-0.2, -0.15) is 0 Å². The van der Waals surface area contributed by atoms with Gasteiger partial charge in [0.2, 0.25) is 0 Å². The van der Waals surface area contributed by atoms with Crippen LogP contribution in [-0.2, 0) is 9.47 Å². The van der Waals surface area contributed by atoms with Gasteiger partial charge in [-0.25, -0.2) is 0 Å². The highest BCUT2D eigenvalue weighted by atomic mass is 16.7. The molecule has 0 unspecified atom stereocenters. The minimum Gasteiger partial charge on any atom is -0.507 e. The predicted octanol–water partition coefficient (Wildman–Crippen LogP) is 1.74. The van der Waals surface area contributed by atoms with Crippen LogP contribution in [0, 0.1) is 11.8 Å². The number of hydrogen-bond donors (Lipinski definition) is 2. The molecule has 2 fully saturated rings. The largest absolute Gasteiger partial charge is 0.507 e. The van der Waals surface area contributed by atoms with Crippen LogP contribution in [0.25, 0.3) is 0 Å². The predicted molar refractivity (Wildman–Crippen MR) is 70.4 cm³/mol. The average Bonchev–Trinajstić information content (AvgIpc) is 2.74. The van der Waals surface area contributed by atoms with Gasteiger partial charge in [0.15, 0.2) is 23.1 Å². The number of benzene rings is 1. The first-order chi connectivity index (χ1) is 9.95. The number of rotatable bonds is 1. The lowest BCUT2D eigenvalue weighted by atomic mass is 9.71. The van der Waals surface area contributed by atoms with Gasteiger partial charge in [0.1, 0.15) is 5.75 Å². The monoisotopic (exact) mass is 292 g/mol. The zero-order valence-electron chi connectivity index (χ0n) is 11.8. The fourth-order valence-corrected chi connectivity index (χ4v) is 3.85. The number of Topliss-reactive ketones (excluding diaryl/α,β-unsaturated/α-hetero) is 1. The highest BCUT2D eigenvalue weighted by Crippen LogP contribution is 2.59. The molecule has 1 aromatic rings. The summed E-state index contributed by atoms with van der Waals surface area (Å²) < 4.78 is 16.7. The molecule has 6 heteroatoms. The van der Waals surface area contributed by atoms with E-state index in [1.807, 2.05) is 6.92 Å². The third-order valence-corrected chi connectivity index (χ3v) is 4.83. The van der Waals surface area contributed by atoms with Gasteiger partial charge < -0.3 is 24.4 Å². The van der Waals surface area contributed by atoms with Crippen molar-refractivity contribution in [3.63, 3.8) is 0 Å². The number of aromatic hydroxyl groups is 2. The second-order valence-electron chi connectivity index (χ2n) is 6.06. The highest BCUT2D eigenvalue weighted by molar-refractivity contribution is 6.04. The van der Waals surface area contributed by atoms with Crippen molar-refractivity contribution in [3.8, 4) is 17.2 Å². The first-order valence-corrected chi connectivity index (χ1v) is 6.94. The smallest absolute Gasteiger partial charge is 0.172 e. The molecule has 2 bridgehead atoms. The number of ether oxygens (including phenoxy) is 3. The van der Waals surface area contributed by atoms with Crippen LogP contribution < -0.4 is 4.74 Å². The lowest BCUT2D eigenvalue weighted by Crippen LogP contribution is -2.41. The molecule has 0 radical (unpaired) electrons. The summed E-state index contributed by atoms with van der Waals surface area (Å²) in [5, 5.41) is 20.6. The molecule has 3 aliphatic rings. The number of methoxy groups -OCH3 is 1. The normalized spacial score (nSPS) is 36.5. The Morgan fingerprint density at radius 2 is 2.19 bits per heavy atom. The fraction of sp³-hybridized carbons (Fsp3) is 0.533. The third-order valence-electron chi connectivity index (χ3n) is 4.83. The molecule has 1 aromatic carbocycles. The van der Waals surface area contributed by atoms with E-state index >= 15 is 0 Å². The first kappa shape index (κ1) is 12.9. The number of phenols is 2. The van der Waals surface area contributed by atoms with Crippen molar-refractivity contribution in [2.24, 2.45) is 11.8 Å². The number of carbonyl (C=O) groups is 1. The van der Waals surface area contributed by atoms with Crippen LogP contribution in [0.3, 0.4) is 0 Å². The molecule has 0 aromatic heterocycles. The van der Waals surface area contributed by atoms with Gasteiger partial charge in [0.25, 0.3) is 0 Å². The van der Waals surface area contributed by atoms with E-state index < -0.39 is 11.9 Å². The summed E-state index contributed by atoms with van der Waals surface area (Å²) in [5.74, 6) is -1.51. The molecule has 6 nitrogen and oxygen atoms in total. The van der Waals surface area contributed by atoms with E-state index in [1.165, 1.54) is 13.2 Å². The van der Waals surface area contributed by atoms with Crippen molar-refractivity contribution in [1.29, 1.82) is 0 Å². The Morgan fingerprint density at radius 1 is 1.43 bits per heavy atom. The second kappa shape index (κ2) is 3.90. The van der Waals surface area contributed by atoms with Crippen molar-refractivity contribution in [2.45, 2.75) is 25.2 Å². The molecule has 4 atom stereocenters. The fourth-order valence-electron chi connectivity index (χ4n) is 3.85. The van der Waals surface area contributed by atoms with Gasteiger partial charge >= 0.3 is 0 Å². The Kier molecular flexibility index (Phi) is 2.40. The van der Waals surface area contributed by atoms with Crippen LogP contribution in [0.4, 0.5) is 0 Å². The van der Waals surface area contributed by atoms with E-state index in [-0.39, 0.29) is 47.0 Å². The number of phenolic OH excluding ortho intramolecular Hbond substituents is 2. The van der Waals surface area contributed by atoms with Gasteiger partial charge in [-0.1, -0.05) is 0 Å². The van der Waals surface area contributed by atoms with Crippen LogP contribution in [0.1, 0.15) is 35.4 Å². The summed E-state index contributed by atoms with van der Waals surface area (Å²) in [6.07, 6.45) is 0.140. The first-order valence-electron chi connectivity index (χ1n) is 6.94. The maximum absolute atomic E-state index is 12.6. The minimum absolute atomic E-state index is 0.0406. The SMILES string of the molecule is COc1cc(O)c2c(c1O)[C@H]1O[C@]3(C)C[C@H]1[C@@H](CO3)C2=O. The minimum atomic E-state index is -0.737. The molecule has 2 N–H and O–H groups in total. The Morgan fingerprint density at radius 3 is 2.90 bits per heavy atom. The molecule has 112 valence electrons. The second-order valence-corrected chi connectivity index (χ2v) is 6.06. The van der Waals surface area contributed by atoms with Crippen molar-refractivity contribution >= 4 is 5.78 Å². The summed E-state index contributed by atoms with van der Waals surface area (Å²) in [6, 6.07) is 1.26. The molecular formula is C15H16O6. The van der Waals surface area contributed by atoms with Crippen molar-refractivity contribution in [1.82, 2.24) is 0 Å². The zero-order valence-corrected chi connectivity index (χ0v) is 11.8. The number of carbonyl (C=O) groups excluding carboxylic acids is 1. The molecule has 0 amide bonds. The Hall–Kier alpha value is -1.79. The average molecular weight is 292 g/mol. The van der Waals surface area contributed by atoms with Crippen molar-refractivity contribution in [3.05, 3.63) is 17.2 Å². The van der Waals surface area contributed by atoms with Crippen LogP contribution >= 0.6 is 0 Å². The Bertz CT molecular complexity index is 654. The van der Waals surface area contributed by atoms with Gasteiger partial charge in [-0.3, -0.25) is 4.79 Å². The van der Waals surface area contributed by atoms with E-state index in [0.29, 0.717) is 12.0 Å². The number of hydrogen-bond acceptors (Lipinski definition) is 6. The van der Waals surface area contributed by atoms with E-state index in [4.69, 9.17) is 14.2 Å². The van der Waals surface area contributed by atoms with Crippen LogP contribution in [0.15, 0.2) is 6.07 Å². The molecule has 4 rings (SSSR count). The molecule has 21 heavy (non-hydrogen) atoms. The maximum Gasteiger partial charge on any atom is 0.172 e. The maximum atomic E-state index is 12.6. The van der Waals surface area contributed by atoms with Gasteiger partial charge in [-0.15, -0.1) is 0 Å².